The molecule has 0 amide bonds. The van der Waals surface area contributed by atoms with Crippen LogP contribution >= 0.6 is 0 Å². The number of aliphatic hydroxyl groups excluding tert-OH is 1. The van der Waals surface area contributed by atoms with Gasteiger partial charge in [0.1, 0.15) is 23.4 Å². The van der Waals surface area contributed by atoms with E-state index < -0.39 is 17.7 Å². The quantitative estimate of drug-likeness (QED) is 0.516. The Morgan fingerprint density at radius 3 is 2.69 bits per heavy atom. The highest BCUT2D eigenvalue weighted by atomic mass is 16.7. The van der Waals surface area contributed by atoms with E-state index in [1.165, 1.54) is 12.7 Å². The van der Waals surface area contributed by atoms with Crippen LogP contribution in [0.25, 0.3) is 0 Å². The van der Waals surface area contributed by atoms with Crippen molar-refractivity contribution in [3.05, 3.63) is 35.3 Å². The zero-order valence-electron chi connectivity index (χ0n) is 19.4. The van der Waals surface area contributed by atoms with Gasteiger partial charge in [0.05, 0.1) is 13.2 Å². The van der Waals surface area contributed by atoms with Crippen LogP contribution in [-0.2, 0) is 14.3 Å². The van der Waals surface area contributed by atoms with Crippen molar-refractivity contribution in [2.75, 3.05) is 7.11 Å². The average Bonchev–Trinajstić information content (AvgIpc) is 3.30. The van der Waals surface area contributed by atoms with E-state index in [4.69, 9.17) is 13.9 Å². The second-order valence-corrected chi connectivity index (χ2v) is 10.9. The molecule has 3 saturated carbocycles. The number of Topliss-reactive ketones (excluding diaryl/α,β-unsaturated/α-hetero) is 1. The Kier molecular flexibility index (Phi) is 5.08. The number of aliphatic hydroxyl groups is 1. The lowest BCUT2D eigenvalue weighted by Crippen LogP contribution is -2.58. The molecule has 32 heavy (non-hydrogen) atoms. The summed E-state index contributed by atoms with van der Waals surface area (Å²) < 4.78 is 16.3. The number of aryl methyl sites for hydroxylation is 1. The van der Waals surface area contributed by atoms with Gasteiger partial charge in [-0.3, -0.25) is 4.79 Å². The maximum Gasteiger partial charge on any atom is 0.508 e. The van der Waals surface area contributed by atoms with Crippen molar-refractivity contribution in [2.45, 2.75) is 77.4 Å². The third-order valence-electron chi connectivity index (χ3n) is 9.28. The summed E-state index contributed by atoms with van der Waals surface area (Å²) in [7, 11) is 1.33. The van der Waals surface area contributed by atoms with E-state index in [0.29, 0.717) is 25.0 Å². The summed E-state index contributed by atoms with van der Waals surface area (Å²) in [6, 6.07) is 4.02. The summed E-state index contributed by atoms with van der Waals surface area (Å²) in [6.45, 7) is 6.28. The summed E-state index contributed by atoms with van der Waals surface area (Å²) in [4.78, 5) is 24.7. The molecule has 3 fully saturated rings. The number of ether oxygens (including phenoxy) is 2. The second-order valence-electron chi connectivity index (χ2n) is 10.9. The molecule has 0 radical (unpaired) electrons. The van der Waals surface area contributed by atoms with Gasteiger partial charge in [0.15, 0.2) is 0 Å². The Morgan fingerprint density at radius 2 is 2.00 bits per heavy atom. The van der Waals surface area contributed by atoms with Gasteiger partial charge in [0, 0.05) is 24.2 Å². The molecule has 1 N–H and O–H groups in total. The molecule has 1 heterocycles. The van der Waals surface area contributed by atoms with Crippen LogP contribution in [-0.4, -0.2) is 36.4 Å². The Bertz CT molecular complexity index is 961. The monoisotopic (exact) mass is 442 g/mol. The Morgan fingerprint density at radius 1 is 1.22 bits per heavy atom. The lowest BCUT2D eigenvalue weighted by molar-refractivity contribution is -0.147. The highest BCUT2D eigenvalue weighted by Crippen LogP contribution is 2.66. The van der Waals surface area contributed by atoms with Crippen molar-refractivity contribution in [2.24, 2.45) is 28.6 Å². The lowest BCUT2D eigenvalue weighted by Gasteiger charge is -2.60. The first kappa shape index (κ1) is 21.7. The lowest BCUT2D eigenvalue weighted by atomic mass is 9.45. The maximum atomic E-state index is 12.9. The van der Waals surface area contributed by atoms with E-state index in [1.807, 2.05) is 19.1 Å². The van der Waals surface area contributed by atoms with Crippen LogP contribution in [0.4, 0.5) is 4.79 Å². The number of fused-ring (bicyclic) bond motifs is 5. The zero-order valence-corrected chi connectivity index (χ0v) is 19.4. The largest absolute Gasteiger partial charge is 0.508 e. The molecule has 0 aliphatic heterocycles. The normalized spacial score (nSPS) is 43.0. The van der Waals surface area contributed by atoms with Crippen LogP contribution in [0.5, 0.6) is 0 Å². The predicted molar refractivity (Wildman–Crippen MR) is 117 cm³/mol. The third kappa shape index (κ3) is 3.09. The van der Waals surface area contributed by atoms with Crippen molar-refractivity contribution in [3.63, 3.8) is 0 Å². The number of carbonyl (C=O) groups excluding carboxylic acids is 2. The van der Waals surface area contributed by atoms with Crippen molar-refractivity contribution in [1.82, 2.24) is 0 Å². The Balaban J connectivity index is 1.59. The highest BCUT2D eigenvalue weighted by molar-refractivity contribution is 5.87. The van der Waals surface area contributed by atoms with Crippen molar-refractivity contribution < 1.29 is 28.6 Å². The van der Waals surface area contributed by atoms with E-state index in [0.717, 1.165) is 30.8 Å². The number of allylic oxidation sites excluding steroid dienone is 1. The van der Waals surface area contributed by atoms with Crippen molar-refractivity contribution in [1.29, 1.82) is 0 Å². The van der Waals surface area contributed by atoms with E-state index in [-0.39, 0.29) is 35.2 Å². The van der Waals surface area contributed by atoms with Crippen LogP contribution in [0.2, 0.25) is 0 Å². The minimum Gasteiger partial charge on any atom is -0.466 e. The molecule has 0 aromatic carbocycles. The summed E-state index contributed by atoms with van der Waals surface area (Å²) in [5.41, 5.74) is 0.573. The molecular formula is C26H34O6. The standard InChI is InChI=1S/C26H34O6/c1-14-5-7-20(31-14)17-12-15-11-16(32-24(29)30-4)9-10-25(15,2)23-19(27)13-26(3)18(22(17)23)6-8-21(26)28/h5,7,12,16-19,22-23,27H,6,8-11,13H2,1-4H3/t16-,17-,18?,19+,22?,23?,25-,26-/m0/s1. The maximum absolute atomic E-state index is 12.9. The average molecular weight is 443 g/mol. The van der Waals surface area contributed by atoms with E-state index >= 15 is 0 Å². The molecule has 4 aliphatic rings. The number of furan rings is 1. The van der Waals surface area contributed by atoms with Gasteiger partial charge in [0.25, 0.3) is 0 Å². The van der Waals surface area contributed by atoms with Crippen LogP contribution < -0.4 is 0 Å². The minimum absolute atomic E-state index is 0.00109. The number of carbonyl (C=O) groups is 2. The van der Waals surface area contributed by atoms with Crippen molar-refractivity contribution >= 4 is 11.9 Å². The van der Waals surface area contributed by atoms with E-state index in [1.54, 1.807) is 0 Å². The number of methoxy groups -OCH3 is 1. The molecule has 1 aromatic heterocycles. The van der Waals surface area contributed by atoms with Gasteiger partial charge in [-0.05, 0) is 67.9 Å². The first-order valence-corrected chi connectivity index (χ1v) is 11.9. The fraction of sp³-hybridized carbons (Fsp3) is 0.692. The van der Waals surface area contributed by atoms with Gasteiger partial charge in [-0.15, -0.1) is 0 Å². The van der Waals surface area contributed by atoms with Crippen LogP contribution in [0.15, 0.2) is 28.2 Å². The van der Waals surface area contributed by atoms with E-state index in [2.05, 4.69) is 19.9 Å². The molecule has 4 aliphatic carbocycles. The predicted octanol–water partition coefficient (Wildman–Crippen LogP) is 4.94. The molecule has 0 spiro atoms. The third-order valence-corrected chi connectivity index (χ3v) is 9.28. The van der Waals surface area contributed by atoms with Crippen LogP contribution in [0, 0.1) is 35.5 Å². The minimum atomic E-state index is -0.649. The first-order valence-electron chi connectivity index (χ1n) is 11.9. The van der Waals surface area contributed by atoms with Crippen molar-refractivity contribution in [3.8, 4) is 0 Å². The molecular weight excluding hydrogens is 408 g/mol. The molecule has 3 unspecified atom stereocenters. The highest BCUT2D eigenvalue weighted by Gasteiger charge is 2.64. The molecule has 8 atom stereocenters. The Labute approximate surface area is 189 Å². The van der Waals surface area contributed by atoms with Gasteiger partial charge in [-0.25, -0.2) is 4.79 Å². The first-order chi connectivity index (χ1) is 15.2. The smallest absolute Gasteiger partial charge is 0.466 e. The molecule has 6 nitrogen and oxygen atoms in total. The van der Waals surface area contributed by atoms with Gasteiger partial charge in [0.2, 0.25) is 0 Å². The summed E-state index contributed by atoms with van der Waals surface area (Å²) >= 11 is 0. The van der Waals surface area contributed by atoms with Crippen LogP contribution in [0.3, 0.4) is 0 Å². The molecule has 0 bridgehead atoms. The molecule has 1 aromatic rings. The number of hydrogen-bond donors (Lipinski definition) is 1. The molecule has 0 saturated heterocycles. The molecule has 174 valence electrons. The summed E-state index contributed by atoms with van der Waals surface area (Å²) in [5.74, 6) is 2.48. The molecule has 6 heteroatoms. The summed E-state index contributed by atoms with van der Waals surface area (Å²) in [5, 5.41) is 11.5. The van der Waals surface area contributed by atoms with Gasteiger partial charge in [-0.1, -0.05) is 25.5 Å². The van der Waals surface area contributed by atoms with Crippen LogP contribution in [0.1, 0.15) is 69.8 Å². The van der Waals surface area contributed by atoms with Gasteiger partial charge in [-0.2, -0.15) is 0 Å². The van der Waals surface area contributed by atoms with Gasteiger partial charge >= 0.3 is 6.16 Å². The van der Waals surface area contributed by atoms with Gasteiger partial charge < -0.3 is 19.0 Å². The zero-order chi connectivity index (χ0) is 22.8. The fourth-order valence-corrected chi connectivity index (χ4v) is 7.73. The summed E-state index contributed by atoms with van der Waals surface area (Å²) in [6.07, 6.45) is 5.12. The number of ketones is 1. The second kappa shape index (κ2) is 7.47. The topological polar surface area (TPSA) is 86.0 Å². The molecule has 5 rings (SSSR count). The number of hydrogen-bond acceptors (Lipinski definition) is 6. The van der Waals surface area contributed by atoms with E-state index in [9.17, 15) is 14.7 Å². The Hall–Kier alpha value is -2.08. The SMILES string of the molecule is COC(=O)O[C@H]1CC[C@@]2(C)C(=C[C@@H](c3ccc(C)o3)C3C2[C@H](O)C[C@]2(C)C(=O)CCC32)C1. The number of rotatable bonds is 2. The fourth-order valence-electron chi connectivity index (χ4n) is 7.73.